The number of hydrogen-bond acceptors (Lipinski definition) is 5. The van der Waals surface area contributed by atoms with Crippen molar-refractivity contribution in [2.24, 2.45) is 0 Å². The van der Waals surface area contributed by atoms with Gasteiger partial charge in [-0.15, -0.1) is 0 Å². The third-order valence-corrected chi connectivity index (χ3v) is 5.29. The van der Waals surface area contributed by atoms with Crippen molar-refractivity contribution in [1.29, 1.82) is 0 Å². The van der Waals surface area contributed by atoms with E-state index in [4.69, 9.17) is 0 Å². The Hall–Kier alpha value is -2.75. The van der Waals surface area contributed by atoms with Crippen molar-refractivity contribution in [3.05, 3.63) is 59.4 Å². The maximum Gasteiger partial charge on any atom is 0.433 e. The van der Waals surface area contributed by atoms with Crippen LogP contribution in [0.2, 0.25) is 0 Å². The molecule has 0 spiro atoms. The Bertz CT molecular complexity index is 872. The predicted octanol–water partition coefficient (Wildman–Crippen LogP) is 4.88. The Balaban J connectivity index is 1.82. The number of ether oxygens (including phenoxy) is 2. The summed E-state index contributed by atoms with van der Waals surface area (Å²) in [6, 6.07) is 8.47. The molecule has 0 radical (unpaired) electrons. The summed E-state index contributed by atoms with van der Waals surface area (Å²) in [6.45, 7) is -2.73. The zero-order valence-electron chi connectivity index (χ0n) is 16.6. The van der Waals surface area contributed by atoms with E-state index in [1.54, 1.807) is 24.3 Å². The molecule has 1 aliphatic rings. The Morgan fingerprint density at radius 3 is 2.42 bits per heavy atom. The van der Waals surface area contributed by atoms with Crippen LogP contribution in [0.1, 0.15) is 40.4 Å². The average Bonchev–Trinajstić information content (AvgIpc) is 2.76. The van der Waals surface area contributed by atoms with Gasteiger partial charge in [0.1, 0.15) is 5.69 Å². The number of aromatic nitrogens is 1. The first-order chi connectivity index (χ1) is 14.7. The molecule has 0 N–H and O–H groups in total. The number of nitrogens with zero attached hydrogens (tertiary/aromatic N) is 2. The number of methoxy groups -OCH3 is 1. The van der Waals surface area contributed by atoms with Crippen molar-refractivity contribution >= 4 is 11.7 Å². The molecule has 0 bridgehead atoms. The highest BCUT2D eigenvalue weighted by atomic mass is 19.4. The quantitative estimate of drug-likeness (QED) is 0.470. The summed E-state index contributed by atoms with van der Waals surface area (Å²) in [4.78, 5) is 17.0. The molecule has 2 heterocycles. The molecule has 5 nitrogen and oxygen atoms in total. The second-order valence-electron chi connectivity index (χ2n) is 7.19. The van der Waals surface area contributed by atoms with Crippen molar-refractivity contribution in [2.75, 3.05) is 25.2 Å². The van der Waals surface area contributed by atoms with E-state index in [0.29, 0.717) is 36.2 Å². The molecular weight excluding hydrogens is 423 g/mol. The SMILES string of the molecule is COC(=O)c1ccc(N2CC(c3ccc(C(F)(F)F)nc3)CCC2COC(F)F)cc1. The van der Waals surface area contributed by atoms with Gasteiger partial charge in [-0.25, -0.2) is 4.79 Å². The van der Waals surface area contributed by atoms with Crippen LogP contribution in [0, 0.1) is 0 Å². The van der Waals surface area contributed by atoms with Crippen LogP contribution in [0.25, 0.3) is 0 Å². The number of esters is 1. The molecule has 1 aromatic heterocycles. The van der Waals surface area contributed by atoms with E-state index in [1.165, 1.54) is 19.4 Å². The van der Waals surface area contributed by atoms with E-state index in [2.05, 4.69) is 14.5 Å². The maximum atomic E-state index is 12.8. The number of hydrogen-bond donors (Lipinski definition) is 0. The molecule has 168 valence electrons. The van der Waals surface area contributed by atoms with E-state index in [0.717, 1.165) is 6.07 Å². The summed E-state index contributed by atoms with van der Waals surface area (Å²) in [7, 11) is 1.27. The van der Waals surface area contributed by atoms with Gasteiger partial charge < -0.3 is 14.4 Å². The normalized spacial score (nSPS) is 19.5. The van der Waals surface area contributed by atoms with Crippen molar-refractivity contribution in [3.63, 3.8) is 0 Å². The molecular formula is C21H21F5N2O3. The summed E-state index contributed by atoms with van der Waals surface area (Å²) in [6.07, 6.45) is -2.23. The van der Waals surface area contributed by atoms with Gasteiger partial charge in [-0.1, -0.05) is 6.07 Å². The fraction of sp³-hybridized carbons (Fsp3) is 0.429. The molecule has 0 saturated carbocycles. The molecule has 1 fully saturated rings. The molecule has 1 aliphatic heterocycles. The zero-order chi connectivity index (χ0) is 22.6. The first-order valence-electron chi connectivity index (χ1n) is 9.57. The molecule has 2 aromatic rings. The van der Waals surface area contributed by atoms with Crippen LogP contribution < -0.4 is 4.90 Å². The molecule has 31 heavy (non-hydrogen) atoms. The van der Waals surface area contributed by atoms with Gasteiger partial charge in [-0.05, 0) is 48.7 Å². The van der Waals surface area contributed by atoms with Crippen LogP contribution in [0.15, 0.2) is 42.6 Å². The molecule has 0 amide bonds. The number of alkyl halides is 5. The summed E-state index contributed by atoms with van der Waals surface area (Å²) >= 11 is 0. The van der Waals surface area contributed by atoms with Gasteiger partial charge in [-0.2, -0.15) is 22.0 Å². The van der Waals surface area contributed by atoms with Gasteiger partial charge >= 0.3 is 18.8 Å². The fourth-order valence-electron chi connectivity index (χ4n) is 3.69. The smallest absolute Gasteiger partial charge is 0.433 e. The van der Waals surface area contributed by atoms with Crippen molar-refractivity contribution in [3.8, 4) is 0 Å². The molecule has 10 heteroatoms. The number of piperidine rings is 1. The van der Waals surface area contributed by atoms with Crippen LogP contribution >= 0.6 is 0 Å². The average molecular weight is 444 g/mol. The predicted molar refractivity (Wildman–Crippen MR) is 102 cm³/mol. The van der Waals surface area contributed by atoms with E-state index < -0.39 is 24.5 Å². The lowest BCUT2D eigenvalue weighted by Crippen LogP contribution is -2.45. The molecule has 3 rings (SSSR count). The minimum absolute atomic E-state index is 0.141. The number of anilines is 1. The third-order valence-electron chi connectivity index (χ3n) is 5.29. The molecule has 2 unspecified atom stereocenters. The Labute approximate surface area is 175 Å². The number of benzene rings is 1. The first kappa shape index (κ1) is 22.9. The van der Waals surface area contributed by atoms with E-state index >= 15 is 0 Å². The van der Waals surface area contributed by atoms with Gasteiger partial charge in [0.05, 0.1) is 25.3 Å². The Morgan fingerprint density at radius 2 is 1.87 bits per heavy atom. The van der Waals surface area contributed by atoms with E-state index in [1.807, 2.05) is 4.90 Å². The molecule has 2 atom stereocenters. The summed E-state index contributed by atoms with van der Waals surface area (Å²) in [5.41, 5.74) is 0.690. The van der Waals surface area contributed by atoms with Crippen LogP contribution in [-0.2, 0) is 15.7 Å². The van der Waals surface area contributed by atoms with E-state index in [-0.39, 0.29) is 18.6 Å². The Kier molecular flexibility index (Phi) is 7.09. The highest BCUT2D eigenvalue weighted by molar-refractivity contribution is 5.89. The Morgan fingerprint density at radius 1 is 1.16 bits per heavy atom. The van der Waals surface area contributed by atoms with Gasteiger partial charge in [-0.3, -0.25) is 4.98 Å². The highest BCUT2D eigenvalue weighted by Crippen LogP contribution is 2.35. The first-order valence-corrected chi connectivity index (χ1v) is 9.57. The highest BCUT2D eigenvalue weighted by Gasteiger charge is 2.34. The lowest BCUT2D eigenvalue weighted by molar-refractivity contribution is -0.141. The number of rotatable bonds is 6. The van der Waals surface area contributed by atoms with Crippen LogP contribution in [0.4, 0.5) is 27.6 Å². The van der Waals surface area contributed by atoms with Crippen LogP contribution in [-0.4, -0.2) is 43.9 Å². The largest absolute Gasteiger partial charge is 0.465 e. The minimum Gasteiger partial charge on any atom is -0.465 e. The summed E-state index contributed by atoms with van der Waals surface area (Å²) in [5, 5.41) is 0. The summed E-state index contributed by atoms with van der Waals surface area (Å²) in [5.74, 6) is -0.644. The van der Waals surface area contributed by atoms with Gasteiger partial charge in [0.15, 0.2) is 0 Å². The van der Waals surface area contributed by atoms with Crippen molar-refractivity contribution < 1.29 is 36.2 Å². The summed E-state index contributed by atoms with van der Waals surface area (Å²) < 4.78 is 72.7. The van der Waals surface area contributed by atoms with Gasteiger partial charge in [0.2, 0.25) is 0 Å². The number of halogens is 5. The van der Waals surface area contributed by atoms with Crippen LogP contribution in [0.5, 0.6) is 0 Å². The third kappa shape index (κ3) is 5.69. The molecule has 1 aromatic carbocycles. The maximum absolute atomic E-state index is 12.8. The van der Waals surface area contributed by atoms with Gasteiger partial charge in [0.25, 0.3) is 0 Å². The van der Waals surface area contributed by atoms with Crippen molar-refractivity contribution in [1.82, 2.24) is 4.98 Å². The lowest BCUT2D eigenvalue weighted by atomic mass is 9.87. The minimum atomic E-state index is -4.52. The van der Waals surface area contributed by atoms with Gasteiger partial charge in [0, 0.05) is 24.3 Å². The number of carbonyl (C=O) groups excluding carboxylic acids is 1. The standard InChI is InChI=1S/C21H21F5N2O3/c1-30-19(29)13-2-6-16(7-3-13)28-11-15(4-8-17(28)12-31-20(22)23)14-5-9-18(27-10-14)21(24,25)26/h2-3,5-7,9-10,15,17,20H,4,8,11-12H2,1H3. The zero-order valence-corrected chi connectivity index (χ0v) is 16.6. The second-order valence-corrected chi connectivity index (χ2v) is 7.19. The molecule has 1 saturated heterocycles. The van der Waals surface area contributed by atoms with E-state index in [9.17, 15) is 26.7 Å². The fourth-order valence-corrected chi connectivity index (χ4v) is 3.69. The lowest BCUT2D eigenvalue weighted by Gasteiger charge is -2.41. The molecule has 0 aliphatic carbocycles. The van der Waals surface area contributed by atoms with Crippen molar-refractivity contribution in [2.45, 2.75) is 37.6 Å². The topological polar surface area (TPSA) is 51.7 Å². The number of pyridine rings is 1. The number of carbonyl (C=O) groups is 1. The second kappa shape index (κ2) is 9.59. The van der Waals surface area contributed by atoms with Crippen LogP contribution in [0.3, 0.4) is 0 Å². The monoisotopic (exact) mass is 444 g/mol.